The molecule has 3 aromatic rings. The average molecular weight is 570 g/mol. The van der Waals surface area contributed by atoms with Crippen LogP contribution in [0.1, 0.15) is 69.0 Å². The van der Waals surface area contributed by atoms with E-state index in [1.54, 1.807) is 18.2 Å². The number of halogens is 1. The van der Waals surface area contributed by atoms with Crippen LogP contribution in [0.3, 0.4) is 0 Å². The molecule has 0 aliphatic carbocycles. The molecule has 1 unspecified atom stereocenters. The van der Waals surface area contributed by atoms with E-state index in [2.05, 4.69) is 41.1 Å². The number of imide groups is 1. The van der Waals surface area contributed by atoms with Gasteiger partial charge in [-0.3, -0.25) is 24.2 Å². The topological polar surface area (TPSA) is 79.0 Å². The van der Waals surface area contributed by atoms with Crippen LogP contribution in [-0.4, -0.2) is 46.7 Å². The number of likely N-dealkylation sites (tertiary alicyclic amines) is 1. The van der Waals surface area contributed by atoms with Crippen LogP contribution in [0.15, 0.2) is 79.0 Å². The van der Waals surface area contributed by atoms with Gasteiger partial charge in [0.25, 0.3) is 11.8 Å². The fourth-order valence-electron chi connectivity index (χ4n) is 6.00. The number of hydrogen-bond acceptors (Lipinski definition) is 5. The number of carbonyl (C=O) groups is 3. The molecule has 1 N–H and O–H groups in total. The maximum absolute atomic E-state index is 13.3. The summed E-state index contributed by atoms with van der Waals surface area (Å²) in [6.45, 7) is 7.04. The molecule has 1 atom stereocenters. The van der Waals surface area contributed by atoms with Crippen LogP contribution in [0.2, 0.25) is 5.02 Å². The van der Waals surface area contributed by atoms with Crippen LogP contribution in [-0.2, 0) is 17.9 Å². The Labute approximate surface area is 244 Å². The average Bonchev–Trinajstić information content (AvgIpc) is 3.23. The number of hydrogen-bond donors (Lipinski definition) is 1. The van der Waals surface area contributed by atoms with Crippen molar-refractivity contribution in [2.75, 3.05) is 13.1 Å². The number of ether oxygens (including phenoxy) is 1. The molecule has 2 fully saturated rings. The van der Waals surface area contributed by atoms with E-state index in [0.717, 1.165) is 48.0 Å². The van der Waals surface area contributed by atoms with Crippen molar-refractivity contribution in [3.05, 3.63) is 112 Å². The number of nitrogens with zero attached hydrogens (tertiary/aromatic N) is 2. The highest BCUT2D eigenvalue weighted by Crippen LogP contribution is 2.34. The fourth-order valence-corrected chi connectivity index (χ4v) is 6.13. The monoisotopic (exact) mass is 569 g/mol. The minimum absolute atomic E-state index is 0.216. The number of allylic oxidation sites excluding steroid dienone is 1. The summed E-state index contributed by atoms with van der Waals surface area (Å²) >= 11 is 6.04. The van der Waals surface area contributed by atoms with Crippen LogP contribution in [0, 0.1) is 0 Å². The Bertz CT molecular complexity index is 1490. The van der Waals surface area contributed by atoms with Crippen molar-refractivity contribution in [3.63, 3.8) is 0 Å². The van der Waals surface area contributed by atoms with Crippen LogP contribution in [0.4, 0.5) is 0 Å². The second-order valence-electron chi connectivity index (χ2n) is 11.0. The number of rotatable bonds is 7. The van der Waals surface area contributed by atoms with Crippen LogP contribution >= 0.6 is 11.6 Å². The lowest BCUT2D eigenvalue weighted by atomic mass is 9.89. The molecule has 0 spiro atoms. The summed E-state index contributed by atoms with van der Waals surface area (Å²) in [5.41, 5.74) is 4.65. The number of amides is 3. The highest BCUT2D eigenvalue weighted by molar-refractivity contribution is 6.30. The Balaban J connectivity index is 1.05. The zero-order valence-corrected chi connectivity index (χ0v) is 23.5. The van der Waals surface area contributed by atoms with Crippen molar-refractivity contribution in [1.82, 2.24) is 15.1 Å². The molecule has 0 saturated carbocycles. The van der Waals surface area contributed by atoms with E-state index in [1.807, 2.05) is 24.3 Å². The molecule has 6 rings (SSSR count). The Morgan fingerprint density at radius 3 is 2.29 bits per heavy atom. The maximum Gasteiger partial charge on any atom is 0.266 e. The van der Waals surface area contributed by atoms with E-state index in [-0.39, 0.29) is 23.6 Å². The van der Waals surface area contributed by atoms with E-state index in [4.69, 9.17) is 16.3 Å². The van der Waals surface area contributed by atoms with Gasteiger partial charge in [-0.15, -0.1) is 0 Å². The Morgan fingerprint density at radius 2 is 1.59 bits per heavy atom. The summed E-state index contributed by atoms with van der Waals surface area (Å²) in [5, 5.41) is 3.44. The number of piperidine rings is 2. The van der Waals surface area contributed by atoms with Crippen molar-refractivity contribution < 1.29 is 19.1 Å². The van der Waals surface area contributed by atoms with E-state index in [0.29, 0.717) is 30.2 Å². The molecule has 0 radical (unpaired) electrons. The van der Waals surface area contributed by atoms with Gasteiger partial charge in [-0.1, -0.05) is 60.6 Å². The Hall–Kier alpha value is -3.94. The Kier molecular flexibility index (Phi) is 7.65. The molecule has 7 nitrogen and oxygen atoms in total. The van der Waals surface area contributed by atoms with Gasteiger partial charge in [0.2, 0.25) is 5.91 Å². The SMILES string of the molecule is C=C1CCC(N2C(=O)c3cccc(OCc4ccc(CN5CCC(c6ccc(Cl)cc6)CC5)cc4)c3C2=O)C(=O)N1. The van der Waals surface area contributed by atoms with Gasteiger partial charge in [0.15, 0.2) is 0 Å². The van der Waals surface area contributed by atoms with Gasteiger partial charge in [0.1, 0.15) is 18.4 Å². The van der Waals surface area contributed by atoms with Crippen molar-refractivity contribution in [2.24, 2.45) is 0 Å². The molecule has 0 aromatic heterocycles. The quantitative estimate of drug-likeness (QED) is 0.370. The number of carbonyl (C=O) groups excluding carboxylic acids is 3. The van der Waals surface area contributed by atoms with Gasteiger partial charge in [-0.2, -0.15) is 0 Å². The minimum Gasteiger partial charge on any atom is -0.488 e. The summed E-state index contributed by atoms with van der Waals surface area (Å²) in [6, 6.07) is 20.7. The van der Waals surface area contributed by atoms with Gasteiger partial charge in [-0.25, -0.2) is 0 Å². The van der Waals surface area contributed by atoms with Crippen molar-refractivity contribution in [3.8, 4) is 5.75 Å². The second kappa shape index (κ2) is 11.5. The molecule has 210 valence electrons. The van der Waals surface area contributed by atoms with Gasteiger partial charge in [0, 0.05) is 17.3 Å². The molecular weight excluding hydrogens is 538 g/mol. The largest absolute Gasteiger partial charge is 0.488 e. The van der Waals surface area contributed by atoms with Gasteiger partial charge < -0.3 is 10.1 Å². The van der Waals surface area contributed by atoms with Crippen molar-refractivity contribution in [2.45, 2.75) is 50.8 Å². The first kappa shape index (κ1) is 27.2. The first-order valence-electron chi connectivity index (χ1n) is 14.1. The number of nitrogens with one attached hydrogen (secondary N) is 1. The second-order valence-corrected chi connectivity index (χ2v) is 11.4. The third-order valence-electron chi connectivity index (χ3n) is 8.29. The molecule has 3 aliphatic rings. The lowest BCUT2D eigenvalue weighted by Crippen LogP contribution is -2.51. The lowest BCUT2D eigenvalue weighted by molar-refractivity contribution is -0.125. The van der Waals surface area contributed by atoms with Crippen molar-refractivity contribution >= 4 is 29.3 Å². The molecule has 3 heterocycles. The zero-order valence-electron chi connectivity index (χ0n) is 22.8. The molecule has 8 heteroatoms. The normalized spacial score (nSPS) is 19.8. The van der Waals surface area contributed by atoms with Gasteiger partial charge >= 0.3 is 0 Å². The summed E-state index contributed by atoms with van der Waals surface area (Å²) in [7, 11) is 0. The lowest BCUT2D eigenvalue weighted by Gasteiger charge is -2.32. The first-order valence-corrected chi connectivity index (χ1v) is 14.4. The fraction of sp³-hybridized carbons (Fsp3) is 0.303. The predicted molar refractivity (Wildman–Crippen MR) is 157 cm³/mol. The molecule has 0 bridgehead atoms. The van der Waals surface area contributed by atoms with Crippen molar-refractivity contribution in [1.29, 1.82) is 0 Å². The van der Waals surface area contributed by atoms with E-state index < -0.39 is 17.9 Å². The summed E-state index contributed by atoms with van der Waals surface area (Å²) in [5.74, 6) is -0.425. The maximum atomic E-state index is 13.3. The first-order chi connectivity index (χ1) is 19.9. The van der Waals surface area contributed by atoms with E-state index in [9.17, 15) is 14.4 Å². The smallest absolute Gasteiger partial charge is 0.266 e. The zero-order chi connectivity index (χ0) is 28.5. The predicted octanol–water partition coefficient (Wildman–Crippen LogP) is 5.69. The number of fused-ring (bicyclic) bond motifs is 1. The Morgan fingerprint density at radius 1 is 0.878 bits per heavy atom. The third-order valence-corrected chi connectivity index (χ3v) is 8.55. The minimum atomic E-state index is -0.850. The van der Waals surface area contributed by atoms with Crippen LogP contribution < -0.4 is 10.1 Å². The van der Waals surface area contributed by atoms with Crippen LogP contribution in [0.5, 0.6) is 5.75 Å². The third kappa shape index (κ3) is 5.65. The summed E-state index contributed by atoms with van der Waals surface area (Å²) < 4.78 is 6.05. The van der Waals surface area contributed by atoms with E-state index >= 15 is 0 Å². The highest BCUT2D eigenvalue weighted by atomic mass is 35.5. The summed E-state index contributed by atoms with van der Waals surface area (Å²) in [6.07, 6.45) is 3.15. The molecule has 41 heavy (non-hydrogen) atoms. The molecule has 2 saturated heterocycles. The number of benzene rings is 3. The van der Waals surface area contributed by atoms with Gasteiger partial charge in [0.05, 0.1) is 11.1 Å². The summed E-state index contributed by atoms with van der Waals surface area (Å²) in [4.78, 5) is 42.5. The molecule has 3 aliphatic heterocycles. The van der Waals surface area contributed by atoms with E-state index in [1.165, 1.54) is 11.1 Å². The standard InChI is InChI=1S/C33H32ClN3O4/c1-21-5-14-28(31(38)35-21)37-32(39)27-3-2-4-29(30(27)33(37)40)41-20-23-8-6-22(7-9-23)19-36-17-15-25(16-18-36)24-10-12-26(34)13-11-24/h2-4,6-13,25,28H,1,5,14-20H2,(H,35,38). The van der Waals surface area contributed by atoms with Gasteiger partial charge in [-0.05, 0) is 85.6 Å². The van der Waals surface area contributed by atoms with Crippen LogP contribution in [0.25, 0.3) is 0 Å². The molecule has 3 amide bonds. The molecular formula is C33H32ClN3O4. The molecule has 3 aromatic carbocycles. The highest BCUT2D eigenvalue weighted by Gasteiger charge is 2.45.